The quantitative estimate of drug-likeness (QED) is 0.742. The van der Waals surface area contributed by atoms with Crippen LogP contribution >= 0.6 is 0 Å². The van der Waals surface area contributed by atoms with E-state index in [2.05, 4.69) is 12.2 Å². The fourth-order valence-corrected chi connectivity index (χ4v) is 3.56. The van der Waals surface area contributed by atoms with Crippen molar-refractivity contribution in [1.82, 2.24) is 4.90 Å². The van der Waals surface area contributed by atoms with Crippen LogP contribution in [-0.4, -0.2) is 56.0 Å². The molecule has 0 saturated carbocycles. The van der Waals surface area contributed by atoms with Crippen molar-refractivity contribution in [2.45, 2.75) is 20.3 Å². The minimum Gasteiger partial charge on any atom is -0.484 e. The number of quaternary nitrogens is 1. The Labute approximate surface area is 172 Å². The van der Waals surface area contributed by atoms with Crippen molar-refractivity contribution in [3.8, 4) is 5.75 Å². The lowest BCUT2D eigenvalue weighted by Crippen LogP contribution is -3.15. The molecular formula is C23H30N3O3+. The zero-order valence-electron chi connectivity index (χ0n) is 17.2. The van der Waals surface area contributed by atoms with Gasteiger partial charge in [-0.1, -0.05) is 37.3 Å². The maximum absolute atomic E-state index is 12.4. The molecule has 2 N–H and O–H groups in total. The Morgan fingerprint density at radius 2 is 1.86 bits per heavy atom. The van der Waals surface area contributed by atoms with E-state index in [1.165, 1.54) is 4.90 Å². The molecule has 6 nitrogen and oxygen atoms in total. The van der Waals surface area contributed by atoms with Crippen LogP contribution in [0, 0.1) is 6.92 Å². The number of hydrogen-bond donors (Lipinski definition) is 2. The van der Waals surface area contributed by atoms with Crippen LogP contribution in [0.5, 0.6) is 5.75 Å². The molecular weight excluding hydrogens is 366 g/mol. The number of rotatable bonds is 7. The van der Waals surface area contributed by atoms with Crippen LogP contribution in [0.15, 0.2) is 48.5 Å². The van der Waals surface area contributed by atoms with E-state index in [-0.39, 0.29) is 18.4 Å². The highest BCUT2D eigenvalue weighted by atomic mass is 16.5. The predicted octanol–water partition coefficient (Wildman–Crippen LogP) is 1.30. The Balaban J connectivity index is 1.41. The first-order chi connectivity index (χ1) is 14.0. The van der Waals surface area contributed by atoms with Crippen molar-refractivity contribution >= 4 is 17.5 Å². The number of piperazine rings is 1. The molecule has 0 aromatic heterocycles. The molecule has 29 heavy (non-hydrogen) atoms. The number of aryl methyl sites for hydroxylation is 2. The number of amides is 2. The summed E-state index contributed by atoms with van der Waals surface area (Å²) in [4.78, 5) is 27.8. The second kappa shape index (κ2) is 10.1. The molecule has 2 aromatic rings. The van der Waals surface area contributed by atoms with Crippen LogP contribution in [0.1, 0.15) is 18.1 Å². The molecule has 1 saturated heterocycles. The fourth-order valence-electron chi connectivity index (χ4n) is 3.56. The van der Waals surface area contributed by atoms with Crippen LogP contribution in [0.3, 0.4) is 0 Å². The van der Waals surface area contributed by atoms with E-state index in [4.69, 9.17) is 4.74 Å². The van der Waals surface area contributed by atoms with Gasteiger partial charge in [0, 0.05) is 5.69 Å². The van der Waals surface area contributed by atoms with Gasteiger partial charge in [-0.15, -0.1) is 0 Å². The SMILES string of the molecule is CCc1ccccc1NC(=O)C[NH+]1CCN(C(=O)COc2cccc(C)c2)CC1. The summed E-state index contributed by atoms with van der Waals surface area (Å²) in [5.74, 6) is 0.724. The molecule has 0 unspecified atom stereocenters. The second-order valence-electron chi connectivity index (χ2n) is 7.47. The molecule has 0 aliphatic carbocycles. The third kappa shape index (κ3) is 6.06. The number of carbonyl (C=O) groups excluding carboxylic acids is 2. The zero-order chi connectivity index (χ0) is 20.6. The first-order valence-electron chi connectivity index (χ1n) is 10.2. The summed E-state index contributed by atoms with van der Waals surface area (Å²) in [6, 6.07) is 15.6. The minimum atomic E-state index is -0.00752. The smallest absolute Gasteiger partial charge is 0.279 e. The summed E-state index contributed by atoms with van der Waals surface area (Å²) in [5.41, 5.74) is 3.13. The highest BCUT2D eigenvalue weighted by Crippen LogP contribution is 2.15. The van der Waals surface area contributed by atoms with Gasteiger partial charge in [-0.05, 0) is 42.7 Å². The second-order valence-corrected chi connectivity index (χ2v) is 7.47. The topological polar surface area (TPSA) is 63.1 Å². The first-order valence-corrected chi connectivity index (χ1v) is 10.2. The van der Waals surface area contributed by atoms with E-state index in [0.29, 0.717) is 25.4 Å². The normalized spacial score (nSPS) is 14.5. The maximum Gasteiger partial charge on any atom is 0.279 e. The third-order valence-corrected chi connectivity index (χ3v) is 5.26. The average molecular weight is 397 g/mol. The van der Waals surface area contributed by atoms with Crippen molar-refractivity contribution in [3.05, 3.63) is 59.7 Å². The summed E-state index contributed by atoms with van der Waals surface area (Å²) in [6.07, 6.45) is 0.884. The van der Waals surface area contributed by atoms with E-state index in [9.17, 15) is 9.59 Å². The summed E-state index contributed by atoms with van der Waals surface area (Å²) in [6.45, 7) is 7.35. The van der Waals surface area contributed by atoms with E-state index < -0.39 is 0 Å². The van der Waals surface area contributed by atoms with Crippen molar-refractivity contribution in [3.63, 3.8) is 0 Å². The molecule has 6 heteroatoms. The number of nitrogens with zero attached hydrogens (tertiary/aromatic N) is 1. The molecule has 3 rings (SSSR count). The molecule has 1 fully saturated rings. The summed E-state index contributed by atoms with van der Waals surface area (Å²) in [7, 11) is 0. The lowest BCUT2D eigenvalue weighted by molar-refractivity contribution is -0.895. The maximum atomic E-state index is 12.4. The monoisotopic (exact) mass is 396 g/mol. The third-order valence-electron chi connectivity index (χ3n) is 5.26. The predicted molar refractivity (Wildman–Crippen MR) is 113 cm³/mol. The average Bonchev–Trinajstić information content (AvgIpc) is 2.73. The number of anilines is 1. The van der Waals surface area contributed by atoms with Crippen molar-refractivity contribution in [1.29, 1.82) is 0 Å². The van der Waals surface area contributed by atoms with E-state index in [1.54, 1.807) is 0 Å². The van der Waals surface area contributed by atoms with E-state index in [1.807, 2.05) is 60.4 Å². The number of benzene rings is 2. The van der Waals surface area contributed by atoms with Gasteiger partial charge in [-0.3, -0.25) is 9.59 Å². The van der Waals surface area contributed by atoms with Gasteiger partial charge in [-0.25, -0.2) is 0 Å². The Hall–Kier alpha value is -2.86. The van der Waals surface area contributed by atoms with Gasteiger partial charge >= 0.3 is 0 Å². The number of para-hydroxylation sites is 1. The van der Waals surface area contributed by atoms with Crippen LogP contribution in [-0.2, 0) is 16.0 Å². The summed E-state index contributed by atoms with van der Waals surface area (Å²) in [5, 5.41) is 3.03. The molecule has 1 aliphatic rings. The van der Waals surface area contributed by atoms with Gasteiger partial charge in [-0.2, -0.15) is 0 Å². The molecule has 2 aromatic carbocycles. The molecule has 0 bridgehead atoms. The van der Waals surface area contributed by atoms with Crippen molar-refractivity contribution < 1.29 is 19.2 Å². The highest BCUT2D eigenvalue weighted by Gasteiger charge is 2.25. The van der Waals surface area contributed by atoms with Crippen molar-refractivity contribution in [2.75, 3.05) is 44.6 Å². The summed E-state index contributed by atoms with van der Waals surface area (Å²) < 4.78 is 5.62. The first kappa shape index (κ1) is 20.9. The number of nitrogens with one attached hydrogen (secondary N) is 2. The van der Waals surface area contributed by atoms with Crippen LogP contribution in [0.4, 0.5) is 5.69 Å². The van der Waals surface area contributed by atoms with E-state index in [0.717, 1.165) is 36.3 Å². The van der Waals surface area contributed by atoms with Gasteiger partial charge in [0.1, 0.15) is 5.75 Å². The van der Waals surface area contributed by atoms with Crippen LogP contribution in [0.2, 0.25) is 0 Å². The Morgan fingerprint density at radius 1 is 1.10 bits per heavy atom. The molecule has 0 atom stereocenters. The van der Waals surface area contributed by atoms with Gasteiger partial charge in [0.2, 0.25) is 0 Å². The molecule has 2 amide bonds. The Kier molecular flexibility index (Phi) is 7.25. The Bertz CT molecular complexity index is 845. The van der Waals surface area contributed by atoms with Gasteiger partial charge in [0.25, 0.3) is 11.8 Å². The number of hydrogen-bond acceptors (Lipinski definition) is 3. The molecule has 154 valence electrons. The number of ether oxygens (including phenoxy) is 1. The molecule has 1 heterocycles. The van der Waals surface area contributed by atoms with Gasteiger partial charge in [0.15, 0.2) is 13.2 Å². The molecule has 0 spiro atoms. The molecule has 0 radical (unpaired) electrons. The minimum absolute atomic E-state index is 0.00752. The fraction of sp³-hybridized carbons (Fsp3) is 0.391. The van der Waals surface area contributed by atoms with Crippen LogP contribution in [0.25, 0.3) is 0 Å². The highest BCUT2D eigenvalue weighted by molar-refractivity contribution is 5.92. The molecule has 1 aliphatic heterocycles. The van der Waals surface area contributed by atoms with Crippen LogP contribution < -0.4 is 15.0 Å². The van der Waals surface area contributed by atoms with Gasteiger partial charge in [0.05, 0.1) is 26.2 Å². The largest absolute Gasteiger partial charge is 0.484 e. The van der Waals surface area contributed by atoms with E-state index >= 15 is 0 Å². The standard InChI is InChI=1S/C23H29N3O3/c1-3-19-8-4-5-10-21(19)24-22(27)16-25-11-13-26(14-12-25)23(28)17-29-20-9-6-7-18(2)15-20/h4-10,15H,3,11-14,16-17H2,1-2H3,(H,24,27)/p+1. The summed E-state index contributed by atoms with van der Waals surface area (Å²) >= 11 is 0. The van der Waals surface area contributed by atoms with Crippen molar-refractivity contribution in [2.24, 2.45) is 0 Å². The number of carbonyl (C=O) groups is 2. The lowest BCUT2D eigenvalue weighted by atomic mass is 10.1. The van der Waals surface area contributed by atoms with Gasteiger partial charge < -0.3 is 19.9 Å². The zero-order valence-corrected chi connectivity index (χ0v) is 17.2. The lowest BCUT2D eigenvalue weighted by Gasteiger charge is -2.31. The Morgan fingerprint density at radius 3 is 2.59 bits per heavy atom.